The Kier molecular flexibility index (Phi) is 16.7. The Hall–Kier alpha value is 0.236. The van der Waals surface area contributed by atoms with Gasteiger partial charge in [0.25, 0.3) is 0 Å². The van der Waals surface area contributed by atoms with Gasteiger partial charge in [-0.05, 0) is 12.8 Å². The predicted molar refractivity (Wildman–Crippen MR) is 67.2 cm³/mol. The molecule has 0 aliphatic heterocycles. The third kappa shape index (κ3) is 14.2. The number of carbonyl (C=O) groups is 1. The van der Waals surface area contributed by atoms with Crippen molar-refractivity contribution in [1.82, 2.24) is 0 Å². The first-order chi connectivity index (χ1) is 6.81. The summed E-state index contributed by atoms with van der Waals surface area (Å²) in [7, 11) is 0. The monoisotopic (exact) mass is 226 g/mol. The van der Waals surface area contributed by atoms with Crippen molar-refractivity contribution in [2.24, 2.45) is 0 Å². The molecule has 0 rings (SSSR count). The minimum absolute atomic E-state index is 0. The smallest absolute Gasteiger partial charge is 1.00 e. The van der Waals surface area contributed by atoms with Gasteiger partial charge >= 0.3 is 29.0 Å². The zero-order chi connectivity index (χ0) is 10.6. The minimum Gasteiger partial charge on any atom is -1.00 e. The Labute approximate surface area is 113 Å². The van der Waals surface area contributed by atoms with Crippen LogP contribution in [0.4, 0.5) is 0 Å². The summed E-state index contributed by atoms with van der Waals surface area (Å²) in [6.45, 7) is 4.93. The Morgan fingerprint density at radius 3 is 2.20 bits per heavy atom. The number of ether oxygens (including phenoxy) is 1. The summed E-state index contributed by atoms with van der Waals surface area (Å²) in [5.74, 6) is -0.0186. The topological polar surface area (TPSA) is 26.3 Å². The van der Waals surface area contributed by atoms with Crippen molar-refractivity contribution in [3.63, 3.8) is 0 Å². The molecule has 0 aliphatic carbocycles. The molecule has 0 unspecified atom stereocenters. The van der Waals surface area contributed by atoms with Gasteiger partial charge in [0, 0.05) is 6.42 Å². The Morgan fingerprint density at radius 1 is 1.00 bits per heavy atom. The Balaban J connectivity index is -0.000000282. The average Bonchev–Trinajstić information content (AvgIpc) is 2.18. The number of hydrogen-bond donors (Lipinski definition) is 0. The van der Waals surface area contributed by atoms with Crippen LogP contribution in [-0.4, -0.2) is 35.6 Å². The molecule has 2 nitrogen and oxygen atoms in total. The molecule has 0 atom stereocenters. The van der Waals surface area contributed by atoms with E-state index in [9.17, 15) is 4.79 Å². The first kappa shape index (κ1) is 17.6. The van der Waals surface area contributed by atoms with Crippen molar-refractivity contribution in [3.05, 3.63) is 0 Å². The van der Waals surface area contributed by atoms with Gasteiger partial charge in [0.05, 0.1) is 6.61 Å². The average molecular weight is 227 g/mol. The van der Waals surface area contributed by atoms with E-state index in [1.807, 2.05) is 0 Å². The summed E-state index contributed by atoms with van der Waals surface area (Å²) in [4.78, 5) is 11.1. The van der Waals surface area contributed by atoms with E-state index in [2.05, 4.69) is 13.8 Å². The summed E-state index contributed by atoms with van der Waals surface area (Å²) >= 11 is 0. The van der Waals surface area contributed by atoms with Crippen molar-refractivity contribution >= 4 is 29.0 Å². The molecule has 3 heteroatoms. The molecule has 0 saturated carbocycles. The SMILES string of the molecule is CCCCCCOC(=O)CCCCC.[H-].[H-].[Mg+2]. The van der Waals surface area contributed by atoms with E-state index < -0.39 is 0 Å². The molecule has 0 N–H and O–H groups in total. The van der Waals surface area contributed by atoms with Gasteiger partial charge in [0.2, 0.25) is 0 Å². The van der Waals surface area contributed by atoms with Gasteiger partial charge in [-0.25, -0.2) is 0 Å². The second-order valence-electron chi connectivity index (χ2n) is 3.74. The van der Waals surface area contributed by atoms with Crippen LogP contribution in [0.25, 0.3) is 0 Å². The second kappa shape index (κ2) is 14.2. The molecule has 0 heterocycles. The Bertz CT molecular complexity index is 146. The van der Waals surface area contributed by atoms with Crippen LogP contribution in [0.2, 0.25) is 0 Å². The summed E-state index contributed by atoms with van der Waals surface area (Å²) in [6, 6.07) is 0. The van der Waals surface area contributed by atoms with E-state index in [0.717, 1.165) is 25.7 Å². The predicted octanol–water partition coefficient (Wildman–Crippen LogP) is 3.53. The molecule has 0 aromatic carbocycles. The van der Waals surface area contributed by atoms with Crippen LogP contribution >= 0.6 is 0 Å². The molecular formula is C12H26MgO2. The van der Waals surface area contributed by atoms with Crippen LogP contribution < -0.4 is 0 Å². The summed E-state index contributed by atoms with van der Waals surface area (Å²) in [5.41, 5.74) is 0. The maximum Gasteiger partial charge on any atom is 2.00 e. The van der Waals surface area contributed by atoms with Gasteiger partial charge in [0.15, 0.2) is 0 Å². The van der Waals surface area contributed by atoms with Gasteiger partial charge in [-0.15, -0.1) is 0 Å². The number of unbranched alkanes of at least 4 members (excludes halogenated alkanes) is 5. The van der Waals surface area contributed by atoms with Crippen LogP contribution in [0, 0.1) is 0 Å². The van der Waals surface area contributed by atoms with Crippen molar-refractivity contribution in [2.45, 2.75) is 65.2 Å². The van der Waals surface area contributed by atoms with Crippen LogP contribution in [0.15, 0.2) is 0 Å². The molecule has 0 spiro atoms. The number of hydrogen-bond acceptors (Lipinski definition) is 2. The summed E-state index contributed by atoms with van der Waals surface area (Å²) in [5, 5.41) is 0. The van der Waals surface area contributed by atoms with E-state index in [0.29, 0.717) is 13.0 Å². The van der Waals surface area contributed by atoms with Crippen molar-refractivity contribution in [1.29, 1.82) is 0 Å². The molecule has 88 valence electrons. The minimum atomic E-state index is -0.0186. The largest absolute Gasteiger partial charge is 2.00 e. The maximum absolute atomic E-state index is 11.1. The molecule has 0 aromatic rings. The molecule has 0 bridgehead atoms. The van der Waals surface area contributed by atoms with E-state index in [4.69, 9.17) is 4.74 Å². The van der Waals surface area contributed by atoms with Gasteiger partial charge in [-0.1, -0.05) is 46.0 Å². The molecular weight excluding hydrogens is 200 g/mol. The fourth-order valence-corrected chi connectivity index (χ4v) is 1.31. The fraction of sp³-hybridized carbons (Fsp3) is 0.917. The van der Waals surface area contributed by atoms with Crippen LogP contribution in [-0.2, 0) is 9.53 Å². The second-order valence-corrected chi connectivity index (χ2v) is 3.74. The standard InChI is InChI=1S/C12H24O2.Mg.2H/c1-3-5-7-9-11-14-12(13)10-8-6-4-2;;;/h3-11H2,1-2H3;;;/q;+2;2*-1. The molecule has 0 aromatic heterocycles. The number of rotatable bonds is 9. The van der Waals surface area contributed by atoms with Gasteiger partial charge < -0.3 is 7.59 Å². The quantitative estimate of drug-likeness (QED) is 0.342. The van der Waals surface area contributed by atoms with Crippen LogP contribution in [0.1, 0.15) is 68.1 Å². The molecule has 0 radical (unpaired) electrons. The Morgan fingerprint density at radius 2 is 1.60 bits per heavy atom. The third-order valence-electron chi connectivity index (χ3n) is 2.25. The van der Waals surface area contributed by atoms with Crippen molar-refractivity contribution in [3.8, 4) is 0 Å². The number of esters is 1. The first-order valence-electron chi connectivity index (χ1n) is 5.96. The van der Waals surface area contributed by atoms with E-state index in [1.54, 1.807) is 0 Å². The van der Waals surface area contributed by atoms with Gasteiger partial charge in [0.1, 0.15) is 0 Å². The van der Waals surface area contributed by atoms with E-state index in [1.165, 1.54) is 19.3 Å². The molecule has 0 fully saturated rings. The summed E-state index contributed by atoms with van der Waals surface area (Å²) < 4.78 is 5.10. The van der Waals surface area contributed by atoms with Gasteiger partial charge in [-0.2, -0.15) is 0 Å². The van der Waals surface area contributed by atoms with Crippen molar-refractivity contribution < 1.29 is 12.4 Å². The fourth-order valence-electron chi connectivity index (χ4n) is 1.31. The maximum atomic E-state index is 11.1. The van der Waals surface area contributed by atoms with E-state index in [-0.39, 0.29) is 31.9 Å². The zero-order valence-electron chi connectivity index (χ0n) is 12.4. The molecule has 0 amide bonds. The van der Waals surface area contributed by atoms with Crippen LogP contribution in [0.3, 0.4) is 0 Å². The zero-order valence-corrected chi connectivity index (χ0v) is 11.8. The van der Waals surface area contributed by atoms with Gasteiger partial charge in [-0.3, -0.25) is 4.79 Å². The normalized spacial score (nSPS) is 9.47. The summed E-state index contributed by atoms with van der Waals surface area (Å²) in [6.07, 6.45) is 8.53. The number of carbonyl (C=O) groups excluding carboxylic acids is 1. The van der Waals surface area contributed by atoms with Crippen molar-refractivity contribution in [2.75, 3.05) is 6.61 Å². The van der Waals surface area contributed by atoms with E-state index >= 15 is 0 Å². The third-order valence-corrected chi connectivity index (χ3v) is 2.25. The van der Waals surface area contributed by atoms with Crippen LogP contribution in [0.5, 0.6) is 0 Å². The molecule has 0 saturated heterocycles. The first-order valence-corrected chi connectivity index (χ1v) is 5.96. The molecule has 15 heavy (non-hydrogen) atoms. The molecule has 0 aliphatic rings.